The van der Waals surface area contributed by atoms with Crippen molar-refractivity contribution in [3.8, 4) is 0 Å². The lowest BCUT2D eigenvalue weighted by Gasteiger charge is -2.04. The van der Waals surface area contributed by atoms with Crippen LogP contribution in [0.2, 0.25) is 0 Å². The molecular formula is C12H20N4O. The van der Waals surface area contributed by atoms with Crippen molar-refractivity contribution in [3.63, 3.8) is 0 Å². The van der Waals surface area contributed by atoms with E-state index in [-0.39, 0.29) is 0 Å². The summed E-state index contributed by atoms with van der Waals surface area (Å²) in [5.74, 6) is 0.307. The first-order chi connectivity index (χ1) is 8.33. The fraction of sp³-hybridized carbons (Fsp3) is 0.500. The largest absolute Gasteiger partial charge is 0.409 e. The monoisotopic (exact) mass is 236 g/mol. The molecule has 0 bridgehead atoms. The minimum Gasteiger partial charge on any atom is -0.409 e. The molecule has 0 atom stereocenters. The van der Waals surface area contributed by atoms with Gasteiger partial charge in [0, 0.05) is 18.8 Å². The number of hydrogen-bond donors (Lipinski definition) is 3. The van der Waals surface area contributed by atoms with Crippen LogP contribution in [0.4, 0.5) is 0 Å². The summed E-state index contributed by atoms with van der Waals surface area (Å²) in [6.07, 6.45) is 7.27. The third-order valence-electron chi connectivity index (χ3n) is 2.50. The van der Waals surface area contributed by atoms with Gasteiger partial charge >= 0.3 is 0 Å². The molecule has 0 unspecified atom stereocenters. The number of nitrogens with one attached hydrogen (secondary N) is 1. The number of hydrogen-bond acceptors (Lipinski definition) is 4. The normalized spacial score (nSPS) is 11.6. The number of rotatable bonds is 8. The molecule has 1 heterocycles. The third-order valence-corrected chi connectivity index (χ3v) is 2.50. The maximum atomic E-state index is 8.34. The smallest absolute Gasteiger partial charge is 0.139 e. The molecule has 5 nitrogen and oxygen atoms in total. The minimum atomic E-state index is 0.307. The van der Waals surface area contributed by atoms with E-state index in [1.807, 2.05) is 24.5 Å². The van der Waals surface area contributed by atoms with E-state index in [9.17, 15) is 0 Å². The van der Waals surface area contributed by atoms with Crippen LogP contribution in [0, 0.1) is 0 Å². The first-order valence-electron chi connectivity index (χ1n) is 5.89. The number of oxime groups is 1. The van der Waals surface area contributed by atoms with Gasteiger partial charge in [0.05, 0.1) is 0 Å². The summed E-state index contributed by atoms with van der Waals surface area (Å²) in [6.45, 7) is 1.93. The third kappa shape index (κ3) is 6.52. The molecule has 0 aliphatic heterocycles. The maximum absolute atomic E-state index is 8.34. The van der Waals surface area contributed by atoms with E-state index in [1.165, 1.54) is 5.56 Å². The van der Waals surface area contributed by atoms with E-state index in [0.29, 0.717) is 12.3 Å². The van der Waals surface area contributed by atoms with Gasteiger partial charge in [-0.1, -0.05) is 5.16 Å². The first kappa shape index (κ1) is 13.4. The molecule has 0 aliphatic rings. The van der Waals surface area contributed by atoms with Crippen LogP contribution >= 0.6 is 0 Å². The molecule has 1 aromatic heterocycles. The lowest BCUT2D eigenvalue weighted by atomic mass is 10.2. The molecule has 1 rings (SSSR count). The summed E-state index contributed by atoms with van der Waals surface area (Å²) in [6, 6.07) is 4.06. The Morgan fingerprint density at radius 3 is 2.76 bits per heavy atom. The van der Waals surface area contributed by atoms with Gasteiger partial charge in [-0.15, -0.1) is 0 Å². The van der Waals surface area contributed by atoms with Gasteiger partial charge in [0.15, 0.2) is 0 Å². The summed E-state index contributed by atoms with van der Waals surface area (Å²) in [7, 11) is 0. The van der Waals surface area contributed by atoms with Gasteiger partial charge in [-0.3, -0.25) is 4.98 Å². The van der Waals surface area contributed by atoms with Crippen molar-refractivity contribution in [2.75, 3.05) is 13.1 Å². The summed E-state index contributed by atoms with van der Waals surface area (Å²) in [5, 5.41) is 14.6. The molecule has 5 heteroatoms. The predicted octanol–water partition coefficient (Wildman–Crippen LogP) is 1.13. The molecule has 0 amide bonds. The molecule has 0 spiro atoms. The standard InChI is InChI=1S/C12H20N4O/c13-12(16-17)3-1-2-7-14-8-4-11-5-9-15-10-6-11/h5-6,9-10,14,17H,1-4,7-8H2,(H2,13,16). The van der Waals surface area contributed by atoms with Gasteiger partial charge in [0.25, 0.3) is 0 Å². The Bertz CT molecular complexity index is 327. The highest BCUT2D eigenvalue weighted by molar-refractivity contribution is 5.79. The van der Waals surface area contributed by atoms with Crippen LogP contribution in [-0.4, -0.2) is 29.1 Å². The zero-order valence-corrected chi connectivity index (χ0v) is 9.97. The van der Waals surface area contributed by atoms with Crippen molar-refractivity contribution < 1.29 is 5.21 Å². The average molecular weight is 236 g/mol. The lowest BCUT2D eigenvalue weighted by molar-refractivity contribution is 0.316. The van der Waals surface area contributed by atoms with E-state index in [4.69, 9.17) is 10.9 Å². The van der Waals surface area contributed by atoms with Crippen molar-refractivity contribution in [3.05, 3.63) is 30.1 Å². The molecule has 0 aliphatic carbocycles. The second kappa shape index (κ2) is 8.52. The van der Waals surface area contributed by atoms with Crippen molar-refractivity contribution in [1.29, 1.82) is 0 Å². The van der Waals surface area contributed by atoms with Crippen LogP contribution in [0.25, 0.3) is 0 Å². The van der Waals surface area contributed by atoms with Crippen molar-refractivity contribution in [2.45, 2.75) is 25.7 Å². The lowest BCUT2D eigenvalue weighted by Crippen LogP contribution is -2.19. The van der Waals surface area contributed by atoms with E-state index < -0.39 is 0 Å². The Labute approximate surface area is 102 Å². The number of unbranched alkanes of at least 4 members (excludes halogenated alkanes) is 1. The van der Waals surface area contributed by atoms with Crippen LogP contribution in [0.15, 0.2) is 29.7 Å². The molecule has 94 valence electrons. The van der Waals surface area contributed by atoms with Crippen LogP contribution in [0.1, 0.15) is 24.8 Å². The number of pyridine rings is 1. The summed E-state index contributed by atoms with van der Waals surface area (Å²) in [4.78, 5) is 3.97. The molecule has 0 aromatic carbocycles. The van der Waals surface area contributed by atoms with Gasteiger partial charge < -0.3 is 16.3 Å². The molecule has 0 fully saturated rings. The van der Waals surface area contributed by atoms with Crippen molar-refractivity contribution >= 4 is 5.84 Å². The van der Waals surface area contributed by atoms with E-state index in [1.54, 1.807) is 0 Å². The highest BCUT2D eigenvalue weighted by Gasteiger charge is 1.94. The number of nitrogens with zero attached hydrogens (tertiary/aromatic N) is 2. The summed E-state index contributed by atoms with van der Waals surface area (Å²) >= 11 is 0. The molecule has 0 radical (unpaired) electrons. The Hall–Kier alpha value is -1.62. The fourth-order valence-electron chi connectivity index (χ4n) is 1.51. The van der Waals surface area contributed by atoms with Crippen LogP contribution in [0.5, 0.6) is 0 Å². The van der Waals surface area contributed by atoms with E-state index in [2.05, 4.69) is 15.5 Å². The van der Waals surface area contributed by atoms with E-state index in [0.717, 1.165) is 32.4 Å². The number of aromatic nitrogens is 1. The van der Waals surface area contributed by atoms with Crippen molar-refractivity contribution in [2.24, 2.45) is 10.9 Å². The van der Waals surface area contributed by atoms with Gasteiger partial charge in [0.2, 0.25) is 0 Å². The Kier molecular flexibility index (Phi) is 6.74. The van der Waals surface area contributed by atoms with Gasteiger partial charge in [0.1, 0.15) is 5.84 Å². The Morgan fingerprint density at radius 2 is 2.06 bits per heavy atom. The summed E-state index contributed by atoms with van der Waals surface area (Å²) < 4.78 is 0. The molecule has 0 saturated heterocycles. The van der Waals surface area contributed by atoms with Gasteiger partial charge in [-0.05, 0) is 50.0 Å². The Balaban J connectivity index is 1.95. The highest BCUT2D eigenvalue weighted by atomic mass is 16.4. The van der Waals surface area contributed by atoms with Crippen LogP contribution in [-0.2, 0) is 6.42 Å². The zero-order chi connectivity index (χ0) is 12.3. The maximum Gasteiger partial charge on any atom is 0.139 e. The number of nitrogens with two attached hydrogens (primary N) is 1. The highest BCUT2D eigenvalue weighted by Crippen LogP contribution is 1.97. The van der Waals surface area contributed by atoms with Gasteiger partial charge in [-0.25, -0.2) is 0 Å². The first-order valence-corrected chi connectivity index (χ1v) is 5.89. The topological polar surface area (TPSA) is 83.5 Å². The van der Waals surface area contributed by atoms with Crippen LogP contribution < -0.4 is 11.1 Å². The van der Waals surface area contributed by atoms with Crippen LogP contribution in [0.3, 0.4) is 0 Å². The summed E-state index contributed by atoms with van der Waals surface area (Å²) in [5.41, 5.74) is 6.66. The Morgan fingerprint density at radius 1 is 1.29 bits per heavy atom. The average Bonchev–Trinajstić information content (AvgIpc) is 2.38. The molecular weight excluding hydrogens is 216 g/mol. The molecule has 0 saturated carbocycles. The second-order valence-corrected chi connectivity index (χ2v) is 3.90. The quantitative estimate of drug-likeness (QED) is 0.208. The molecule has 1 aromatic rings. The van der Waals surface area contributed by atoms with Gasteiger partial charge in [-0.2, -0.15) is 0 Å². The zero-order valence-electron chi connectivity index (χ0n) is 9.97. The van der Waals surface area contributed by atoms with E-state index >= 15 is 0 Å². The molecule has 17 heavy (non-hydrogen) atoms. The number of amidine groups is 1. The second-order valence-electron chi connectivity index (χ2n) is 3.90. The molecule has 4 N–H and O–H groups in total. The predicted molar refractivity (Wildman–Crippen MR) is 68.1 cm³/mol. The fourth-order valence-corrected chi connectivity index (χ4v) is 1.51. The minimum absolute atomic E-state index is 0.307. The SMILES string of the molecule is NC(CCCCNCCc1ccncc1)=NO. The van der Waals surface area contributed by atoms with Crippen molar-refractivity contribution in [1.82, 2.24) is 10.3 Å².